The van der Waals surface area contributed by atoms with Crippen LogP contribution in [0.25, 0.3) is 0 Å². The zero-order valence-corrected chi connectivity index (χ0v) is 7.76. The standard InChI is InChI=1S/C8H13N3S/c9-3-7-1-2-11(7)5-8-4-10-6-12-8/h4,6-7H,1-3,5,9H2. The van der Waals surface area contributed by atoms with Gasteiger partial charge in [-0.05, 0) is 6.42 Å². The minimum Gasteiger partial charge on any atom is -0.329 e. The number of hydrogen-bond donors (Lipinski definition) is 1. The number of nitrogens with zero attached hydrogens (tertiary/aromatic N) is 2. The maximum atomic E-state index is 5.60. The second-order valence-electron chi connectivity index (χ2n) is 3.12. The van der Waals surface area contributed by atoms with E-state index in [0.717, 1.165) is 13.1 Å². The Bertz CT molecular complexity index is 232. The zero-order chi connectivity index (χ0) is 8.39. The van der Waals surface area contributed by atoms with Crippen LogP contribution in [0.1, 0.15) is 11.3 Å². The highest BCUT2D eigenvalue weighted by Crippen LogP contribution is 2.20. The predicted octanol–water partition coefficient (Wildman–Crippen LogP) is 0.676. The molecule has 0 radical (unpaired) electrons. The maximum Gasteiger partial charge on any atom is 0.0794 e. The van der Waals surface area contributed by atoms with Crippen molar-refractivity contribution in [3.63, 3.8) is 0 Å². The Morgan fingerprint density at radius 2 is 2.67 bits per heavy atom. The van der Waals surface area contributed by atoms with E-state index in [9.17, 15) is 0 Å². The van der Waals surface area contributed by atoms with E-state index < -0.39 is 0 Å². The third-order valence-electron chi connectivity index (χ3n) is 2.38. The smallest absolute Gasteiger partial charge is 0.0794 e. The molecule has 3 nitrogen and oxygen atoms in total. The summed E-state index contributed by atoms with van der Waals surface area (Å²) in [6.07, 6.45) is 3.20. The van der Waals surface area contributed by atoms with Crippen LogP contribution in [0.15, 0.2) is 11.7 Å². The number of aromatic nitrogens is 1. The van der Waals surface area contributed by atoms with E-state index in [1.165, 1.54) is 17.8 Å². The van der Waals surface area contributed by atoms with Gasteiger partial charge in [-0.3, -0.25) is 9.88 Å². The SMILES string of the molecule is NCC1CCN1Cc1cncs1. The summed E-state index contributed by atoms with van der Waals surface area (Å²) in [5.41, 5.74) is 7.48. The average molecular weight is 183 g/mol. The topological polar surface area (TPSA) is 42.1 Å². The second kappa shape index (κ2) is 3.51. The third-order valence-corrected chi connectivity index (χ3v) is 3.14. The fourth-order valence-electron chi connectivity index (χ4n) is 1.49. The Labute approximate surface area is 76.2 Å². The first-order valence-electron chi connectivity index (χ1n) is 4.21. The van der Waals surface area contributed by atoms with Crippen LogP contribution in [0.5, 0.6) is 0 Å². The first-order chi connectivity index (χ1) is 5.90. The Kier molecular flexibility index (Phi) is 2.39. The molecule has 2 N–H and O–H groups in total. The molecular weight excluding hydrogens is 170 g/mol. The third kappa shape index (κ3) is 1.50. The van der Waals surface area contributed by atoms with Crippen molar-refractivity contribution in [1.82, 2.24) is 9.88 Å². The van der Waals surface area contributed by atoms with Gasteiger partial charge in [0.25, 0.3) is 0 Å². The summed E-state index contributed by atoms with van der Waals surface area (Å²) >= 11 is 1.72. The molecule has 0 bridgehead atoms. The first kappa shape index (κ1) is 8.16. The Hall–Kier alpha value is -0.450. The van der Waals surface area contributed by atoms with Crippen LogP contribution in [0, 0.1) is 0 Å². The van der Waals surface area contributed by atoms with Gasteiger partial charge in [0.2, 0.25) is 0 Å². The molecule has 1 saturated heterocycles. The van der Waals surface area contributed by atoms with Gasteiger partial charge >= 0.3 is 0 Å². The summed E-state index contributed by atoms with van der Waals surface area (Å²) in [6, 6.07) is 0.618. The molecule has 0 spiro atoms. The monoisotopic (exact) mass is 183 g/mol. The normalized spacial score (nSPS) is 23.9. The van der Waals surface area contributed by atoms with Crippen molar-refractivity contribution in [3.05, 3.63) is 16.6 Å². The van der Waals surface area contributed by atoms with Gasteiger partial charge in [-0.25, -0.2) is 0 Å². The Morgan fingerprint density at radius 1 is 1.75 bits per heavy atom. The van der Waals surface area contributed by atoms with Crippen LogP contribution in [0.4, 0.5) is 0 Å². The summed E-state index contributed by atoms with van der Waals surface area (Å²) in [5.74, 6) is 0. The minimum atomic E-state index is 0.618. The molecule has 1 aromatic rings. The van der Waals surface area contributed by atoms with E-state index in [2.05, 4.69) is 9.88 Å². The average Bonchev–Trinajstić information content (AvgIpc) is 2.51. The molecule has 0 saturated carbocycles. The summed E-state index contributed by atoms with van der Waals surface area (Å²) < 4.78 is 0. The molecule has 1 unspecified atom stereocenters. The molecule has 0 aliphatic carbocycles. The molecule has 1 aliphatic rings. The van der Waals surface area contributed by atoms with Crippen molar-refractivity contribution in [2.75, 3.05) is 13.1 Å². The van der Waals surface area contributed by atoms with Crippen molar-refractivity contribution >= 4 is 11.3 Å². The van der Waals surface area contributed by atoms with Crippen LogP contribution in [0.2, 0.25) is 0 Å². The van der Waals surface area contributed by atoms with Crippen molar-refractivity contribution in [2.45, 2.75) is 19.0 Å². The summed E-state index contributed by atoms with van der Waals surface area (Å²) in [4.78, 5) is 7.80. The van der Waals surface area contributed by atoms with Crippen LogP contribution in [-0.4, -0.2) is 29.0 Å². The van der Waals surface area contributed by atoms with E-state index in [0.29, 0.717) is 6.04 Å². The fraction of sp³-hybridized carbons (Fsp3) is 0.625. The minimum absolute atomic E-state index is 0.618. The number of hydrogen-bond acceptors (Lipinski definition) is 4. The molecule has 1 aliphatic heterocycles. The molecule has 4 heteroatoms. The zero-order valence-electron chi connectivity index (χ0n) is 6.94. The molecule has 0 aromatic carbocycles. The number of rotatable bonds is 3. The number of thiazole rings is 1. The largest absolute Gasteiger partial charge is 0.329 e. The van der Waals surface area contributed by atoms with Crippen molar-refractivity contribution in [3.8, 4) is 0 Å². The number of nitrogens with two attached hydrogens (primary N) is 1. The molecule has 12 heavy (non-hydrogen) atoms. The second-order valence-corrected chi connectivity index (χ2v) is 4.09. The summed E-state index contributed by atoms with van der Waals surface area (Å²) in [6.45, 7) is 3.02. The van der Waals surface area contributed by atoms with Crippen molar-refractivity contribution in [2.24, 2.45) is 5.73 Å². The molecule has 1 atom stereocenters. The van der Waals surface area contributed by atoms with Crippen molar-refractivity contribution in [1.29, 1.82) is 0 Å². The van der Waals surface area contributed by atoms with Gasteiger partial charge in [-0.1, -0.05) is 0 Å². The van der Waals surface area contributed by atoms with Gasteiger partial charge < -0.3 is 5.73 Å². The molecule has 0 amide bonds. The molecule has 2 rings (SSSR count). The Balaban J connectivity index is 1.88. The van der Waals surface area contributed by atoms with Gasteiger partial charge in [0, 0.05) is 36.8 Å². The maximum absolute atomic E-state index is 5.60. The molecular formula is C8H13N3S. The van der Waals surface area contributed by atoms with Gasteiger partial charge in [-0.2, -0.15) is 0 Å². The van der Waals surface area contributed by atoms with Gasteiger partial charge in [0.15, 0.2) is 0 Å². The molecule has 1 aromatic heterocycles. The van der Waals surface area contributed by atoms with Gasteiger partial charge in [-0.15, -0.1) is 11.3 Å². The quantitative estimate of drug-likeness (QED) is 0.749. The lowest BCUT2D eigenvalue weighted by Crippen LogP contribution is -2.50. The molecule has 1 fully saturated rings. The van der Waals surface area contributed by atoms with E-state index in [4.69, 9.17) is 5.73 Å². The van der Waals surface area contributed by atoms with Crippen LogP contribution in [0.3, 0.4) is 0 Å². The Morgan fingerprint density at radius 3 is 3.17 bits per heavy atom. The van der Waals surface area contributed by atoms with Gasteiger partial charge in [0.05, 0.1) is 5.51 Å². The van der Waals surface area contributed by atoms with Crippen molar-refractivity contribution < 1.29 is 0 Å². The number of likely N-dealkylation sites (tertiary alicyclic amines) is 1. The highest BCUT2D eigenvalue weighted by Gasteiger charge is 2.26. The highest BCUT2D eigenvalue weighted by atomic mass is 32.1. The van der Waals surface area contributed by atoms with E-state index in [1.807, 2.05) is 11.7 Å². The van der Waals surface area contributed by atoms with Crippen LogP contribution >= 0.6 is 11.3 Å². The van der Waals surface area contributed by atoms with Crippen LogP contribution < -0.4 is 5.73 Å². The lowest BCUT2D eigenvalue weighted by atomic mass is 10.0. The molecule has 2 heterocycles. The fourth-order valence-corrected chi connectivity index (χ4v) is 2.11. The lowest BCUT2D eigenvalue weighted by Gasteiger charge is -2.39. The summed E-state index contributed by atoms with van der Waals surface area (Å²) in [5, 5.41) is 0. The van der Waals surface area contributed by atoms with E-state index in [1.54, 1.807) is 11.3 Å². The first-order valence-corrected chi connectivity index (χ1v) is 5.09. The van der Waals surface area contributed by atoms with E-state index in [-0.39, 0.29) is 0 Å². The summed E-state index contributed by atoms with van der Waals surface area (Å²) in [7, 11) is 0. The molecule has 66 valence electrons. The van der Waals surface area contributed by atoms with Gasteiger partial charge in [0.1, 0.15) is 0 Å². The van der Waals surface area contributed by atoms with E-state index >= 15 is 0 Å². The lowest BCUT2D eigenvalue weighted by molar-refractivity contribution is 0.0894. The highest BCUT2D eigenvalue weighted by molar-refractivity contribution is 7.09. The van der Waals surface area contributed by atoms with Crippen LogP contribution in [-0.2, 0) is 6.54 Å². The predicted molar refractivity (Wildman–Crippen MR) is 50.0 cm³/mol.